The average Bonchev–Trinajstić information content (AvgIpc) is 3.46. The van der Waals surface area contributed by atoms with Crippen LogP contribution in [0.15, 0.2) is 36.4 Å². The zero-order valence-corrected chi connectivity index (χ0v) is 34.5. The first-order chi connectivity index (χ1) is 24.9. The Kier molecular flexibility index (Phi) is 10.1. The van der Waals surface area contributed by atoms with Gasteiger partial charge in [0, 0.05) is 24.2 Å². The summed E-state index contributed by atoms with van der Waals surface area (Å²) in [6.45, 7) is 27.1. The lowest BCUT2D eigenvalue weighted by Crippen LogP contribution is -2.67. The number of carbonyl (C=O) groups excluding carboxylic acids is 1. The summed E-state index contributed by atoms with van der Waals surface area (Å²) in [5, 5.41) is 9.37. The largest absolute Gasteiger partial charge is 0.481 e. The van der Waals surface area contributed by atoms with Gasteiger partial charge in [-0.05, 0) is 152 Å². The Balaban J connectivity index is 1.11. The van der Waals surface area contributed by atoms with Crippen molar-refractivity contribution in [3.8, 4) is 0 Å². The first-order valence-electron chi connectivity index (χ1n) is 21.3. The van der Waals surface area contributed by atoms with Crippen molar-refractivity contribution in [3.63, 3.8) is 0 Å². The van der Waals surface area contributed by atoms with Crippen molar-refractivity contribution in [1.82, 2.24) is 0 Å². The van der Waals surface area contributed by atoms with E-state index < -0.39 is 11.4 Å². The van der Waals surface area contributed by atoms with Gasteiger partial charge in [-0.1, -0.05) is 72.8 Å². The number of nitrogens with zero attached hydrogens (tertiary/aromatic N) is 1. The van der Waals surface area contributed by atoms with Crippen molar-refractivity contribution >= 4 is 17.6 Å². The SMILES string of the molecule is C=C(C)[C@@H]1CC[C@]2(Cc3ccc(N4CCOCC4)cc3)CC[C@]3(C)[C@H](CC[C@@H]4[C@@]5(C)CC[C@H](OC(=O)CC(C)(C)CC(=O)O)C(C)(C)[C@@H]5CC[C@]43C)[C@@H]12. The number of carboxylic acids is 1. The minimum Gasteiger partial charge on any atom is -0.481 e. The third-order valence-electron chi connectivity index (χ3n) is 17.6. The van der Waals surface area contributed by atoms with Crippen LogP contribution in [0.5, 0.6) is 0 Å². The quantitative estimate of drug-likeness (QED) is 0.201. The number of allylic oxidation sites excluding steroid dienone is 1. The topological polar surface area (TPSA) is 76.1 Å². The van der Waals surface area contributed by atoms with Crippen molar-refractivity contribution in [1.29, 1.82) is 0 Å². The summed E-state index contributed by atoms with van der Waals surface area (Å²) in [6.07, 6.45) is 13.5. The van der Waals surface area contributed by atoms with E-state index in [9.17, 15) is 14.7 Å². The van der Waals surface area contributed by atoms with E-state index in [4.69, 9.17) is 9.47 Å². The van der Waals surface area contributed by atoms with Gasteiger partial charge >= 0.3 is 11.9 Å². The Morgan fingerprint density at radius 2 is 1.57 bits per heavy atom. The molecule has 0 bridgehead atoms. The number of fused-ring (bicyclic) bond motifs is 7. The van der Waals surface area contributed by atoms with E-state index in [1.165, 1.54) is 74.6 Å². The van der Waals surface area contributed by atoms with E-state index in [2.05, 4.69) is 77.3 Å². The molecule has 0 radical (unpaired) electrons. The lowest BCUT2D eigenvalue weighted by molar-refractivity contribution is -0.250. The normalized spacial score (nSPS) is 40.6. The highest BCUT2D eigenvalue weighted by molar-refractivity contribution is 5.73. The number of carboxylic acid groups (broad SMARTS) is 1. The summed E-state index contributed by atoms with van der Waals surface area (Å²) < 4.78 is 11.9. The number of rotatable bonds is 9. The van der Waals surface area contributed by atoms with Crippen LogP contribution in [0.25, 0.3) is 0 Å². The van der Waals surface area contributed by atoms with Gasteiger partial charge in [-0.2, -0.15) is 0 Å². The summed E-state index contributed by atoms with van der Waals surface area (Å²) in [4.78, 5) is 27.2. The molecule has 0 amide bonds. The summed E-state index contributed by atoms with van der Waals surface area (Å²) in [7, 11) is 0. The van der Waals surface area contributed by atoms with Crippen LogP contribution in [-0.4, -0.2) is 49.5 Å². The monoisotopic (exact) mass is 730 g/mol. The molecule has 0 aromatic heterocycles. The number of hydrogen-bond acceptors (Lipinski definition) is 5. The van der Waals surface area contributed by atoms with Gasteiger partial charge in [0.1, 0.15) is 6.10 Å². The van der Waals surface area contributed by atoms with Gasteiger partial charge in [0.15, 0.2) is 0 Å². The fourth-order valence-corrected chi connectivity index (χ4v) is 14.9. The average molecular weight is 730 g/mol. The third-order valence-corrected chi connectivity index (χ3v) is 17.6. The molecule has 5 aliphatic carbocycles. The molecule has 1 saturated heterocycles. The lowest BCUT2D eigenvalue weighted by Gasteiger charge is -2.73. The van der Waals surface area contributed by atoms with Crippen LogP contribution in [0.2, 0.25) is 0 Å². The highest BCUT2D eigenvalue weighted by Gasteiger charge is 2.71. The number of esters is 1. The lowest BCUT2D eigenvalue weighted by atomic mass is 9.32. The molecule has 1 aromatic rings. The van der Waals surface area contributed by atoms with Gasteiger partial charge in [-0.15, -0.1) is 0 Å². The number of aliphatic carboxylic acids is 1. The molecule has 0 unspecified atom stereocenters. The summed E-state index contributed by atoms with van der Waals surface area (Å²) in [6, 6.07) is 9.61. The first-order valence-corrected chi connectivity index (χ1v) is 21.3. The minimum absolute atomic E-state index is 0.0333. The molecule has 1 aliphatic heterocycles. The van der Waals surface area contributed by atoms with Crippen LogP contribution in [0, 0.1) is 62.1 Å². The van der Waals surface area contributed by atoms with Crippen molar-refractivity contribution in [3.05, 3.63) is 42.0 Å². The van der Waals surface area contributed by atoms with Crippen LogP contribution in [0.4, 0.5) is 5.69 Å². The maximum Gasteiger partial charge on any atom is 0.306 e. The highest BCUT2D eigenvalue weighted by atomic mass is 16.5. The van der Waals surface area contributed by atoms with Gasteiger partial charge < -0.3 is 19.5 Å². The van der Waals surface area contributed by atoms with Gasteiger partial charge in [-0.3, -0.25) is 9.59 Å². The third kappa shape index (κ3) is 6.51. The van der Waals surface area contributed by atoms with Crippen LogP contribution < -0.4 is 4.90 Å². The van der Waals surface area contributed by atoms with Crippen molar-refractivity contribution < 1.29 is 24.2 Å². The summed E-state index contributed by atoms with van der Waals surface area (Å²) in [5.41, 5.74) is 4.62. The second-order valence-electron chi connectivity index (χ2n) is 21.2. The van der Waals surface area contributed by atoms with Crippen molar-refractivity contribution in [2.24, 2.45) is 62.1 Å². The van der Waals surface area contributed by atoms with Gasteiger partial charge in [0.2, 0.25) is 0 Å². The Bertz CT molecular complexity index is 1560. The summed E-state index contributed by atoms with van der Waals surface area (Å²) >= 11 is 0. The van der Waals surface area contributed by atoms with Gasteiger partial charge in [-0.25, -0.2) is 0 Å². The zero-order chi connectivity index (χ0) is 38.2. The Hall–Kier alpha value is -2.34. The molecule has 7 rings (SSSR count). The highest BCUT2D eigenvalue weighted by Crippen LogP contribution is 2.78. The number of carbonyl (C=O) groups is 2. The maximum atomic E-state index is 13.3. The summed E-state index contributed by atoms with van der Waals surface area (Å²) in [5.74, 6) is 2.06. The molecule has 6 heteroatoms. The molecule has 6 nitrogen and oxygen atoms in total. The van der Waals surface area contributed by atoms with E-state index in [0.717, 1.165) is 39.1 Å². The molecule has 1 N–H and O–H groups in total. The molecule has 10 atom stereocenters. The predicted molar refractivity (Wildman–Crippen MR) is 213 cm³/mol. The number of ether oxygens (including phenoxy) is 2. The molecule has 53 heavy (non-hydrogen) atoms. The van der Waals surface area contributed by atoms with Crippen LogP contribution in [0.3, 0.4) is 0 Å². The van der Waals surface area contributed by atoms with Gasteiger partial charge in [0.25, 0.3) is 0 Å². The molecule has 294 valence electrons. The second kappa shape index (κ2) is 13.7. The van der Waals surface area contributed by atoms with E-state index in [-0.39, 0.29) is 41.2 Å². The van der Waals surface area contributed by atoms with Crippen molar-refractivity contribution in [2.75, 3.05) is 31.2 Å². The molecule has 5 saturated carbocycles. The second-order valence-corrected chi connectivity index (χ2v) is 21.2. The number of anilines is 1. The van der Waals surface area contributed by atoms with Gasteiger partial charge in [0.05, 0.1) is 26.1 Å². The first kappa shape index (κ1) is 38.9. The molecular weight excluding hydrogens is 659 g/mol. The zero-order valence-electron chi connectivity index (χ0n) is 34.5. The van der Waals surface area contributed by atoms with E-state index >= 15 is 0 Å². The minimum atomic E-state index is -0.869. The molecule has 1 aromatic carbocycles. The Morgan fingerprint density at radius 3 is 2.23 bits per heavy atom. The van der Waals surface area contributed by atoms with Crippen LogP contribution >= 0.6 is 0 Å². The van der Waals surface area contributed by atoms with E-state index in [1.807, 2.05) is 13.8 Å². The maximum absolute atomic E-state index is 13.3. The Morgan fingerprint density at radius 1 is 0.868 bits per heavy atom. The van der Waals surface area contributed by atoms with Crippen LogP contribution in [0.1, 0.15) is 138 Å². The molecule has 6 fully saturated rings. The smallest absolute Gasteiger partial charge is 0.306 e. The number of morpholine rings is 1. The van der Waals surface area contributed by atoms with Crippen molar-refractivity contribution in [2.45, 2.75) is 145 Å². The molecule has 6 aliphatic rings. The fraction of sp³-hybridized carbons (Fsp3) is 0.787. The molecule has 1 heterocycles. The Labute approximate surface area is 321 Å². The number of benzene rings is 1. The fourth-order valence-electron chi connectivity index (χ4n) is 14.9. The standard InChI is InChI=1S/C47H71NO5/c1-31(2)34-16-21-47(28-32-10-12-33(13-11-32)48-24-26-52-27-25-48)23-22-45(8)35(41(34)47)14-15-37-44(7)19-18-38(43(5,6)36(44)17-20-46(37,45)9)53-40(51)30-42(3,4)29-39(49)50/h10-13,34-38,41H,1,14-30H2,2-9H3,(H,49,50)/t34-,35+,36-,37+,38-,41+,44-,45+,46+,47+/m0/s1. The predicted octanol–water partition coefficient (Wildman–Crippen LogP) is 10.5. The van der Waals surface area contributed by atoms with Crippen LogP contribution in [-0.2, 0) is 25.5 Å². The molecule has 0 spiro atoms. The van der Waals surface area contributed by atoms with E-state index in [0.29, 0.717) is 40.4 Å². The number of hydrogen-bond donors (Lipinski definition) is 1. The molecular formula is C47H71NO5. The van der Waals surface area contributed by atoms with E-state index in [1.54, 1.807) is 0 Å².